The van der Waals surface area contributed by atoms with Crippen molar-refractivity contribution in [3.63, 3.8) is 0 Å². The van der Waals surface area contributed by atoms with Gasteiger partial charge in [0.15, 0.2) is 11.5 Å². The quantitative estimate of drug-likeness (QED) is 0.495. The third-order valence-corrected chi connectivity index (χ3v) is 4.04. The molecule has 5 heteroatoms. The van der Waals surface area contributed by atoms with E-state index in [1.807, 2.05) is 25.1 Å². The van der Waals surface area contributed by atoms with E-state index in [9.17, 15) is 15.2 Å². The maximum atomic E-state index is 12.5. The minimum atomic E-state index is -0.354. The molecule has 0 unspecified atom stereocenters. The summed E-state index contributed by atoms with van der Waals surface area (Å²) >= 11 is 3.34. The van der Waals surface area contributed by atoms with Gasteiger partial charge in [0.1, 0.15) is 11.6 Å². The minimum Gasteiger partial charge on any atom is -0.504 e. The lowest BCUT2D eigenvalue weighted by atomic mass is 9.98. The number of methoxy groups -OCH3 is 1. The number of ketones is 1. The van der Waals surface area contributed by atoms with E-state index in [0.29, 0.717) is 21.3 Å². The summed E-state index contributed by atoms with van der Waals surface area (Å²) in [5.41, 5.74) is 1.79. The van der Waals surface area contributed by atoms with Gasteiger partial charge in [-0.05, 0) is 36.3 Å². The van der Waals surface area contributed by atoms with Crippen molar-refractivity contribution in [1.82, 2.24) is 0 Å². The average molecular weight is 372 g/mol. The van der Waals surface area contributed by atoms with Crippen LogP contribution in [-0.4, -0.2) is 18.0 Å². The van der Waals surface area contributed by atoms with Gasteiger partial charge in [0.2, 0.25) is 5.78 Å². The van der Waals surface area contributed by atoms with Gasteiger partial charge in [-0.15, -0.1) is 0 Å². The molecule has 0 bridgehead atoms. The lowest BCUT2D eigenvalue weighted by Crippen LogP contribution is -2.04. The molecule has 0 heterocycles. The van der Waals surface area contributed by atoms with Crippen molar-refractivity contribution in [3.05, 3.63) is 63.1 Å². The van der Waals surface area contributed by atoms with Gasteiger partial charge < -0.3 is 9.84 Å². The smallest absolute Gasteiger partial charge is 0.203 e. The highest BCUT2D eigenvalue weighted by Gasteiger charge is 2.15. The van der Waals surface area contributed by atoms with Gasteiger partial charge in [0.25, 0.3) is 0 Å². The normalized spacial score (nSPS) is 11.0. The van der Waals surface area contributed by atoms with E-state index < -0.39 is 0 Å². The first-order chi connectivity index (χ1) is 11.0. The Bertz CT molecular complexity index is 835. The maximum Gasteiger partial charge on any atom is 0.203 e. The molecule has 0 fully saturated rings. The number of benzene rings is 2. The molecule has 0 saturated carbocycles. The molecule has 0 amide bonds. The van der Waals surface area contributed by atoms with Gasteiger partial charge in [-0.3, -0.25) is 4.79 Å². The zero-order valence-electron chi connectivity index (χ0n) is 12.6. The topological polar surface area (TPSA) is 70.3 Å². The molecule has 0 aromatic heterocycles. The van der Waals surface area contributed by atoms with Crippen LogP contribution in [0.1, 0.15) is 21.5 Å². The molecule has 0 aliphatic carbocycles. The highest BCUT2D eigenvalue weighted by Crippen LogP contribution is 2.33. The predicted octanol–water partition coefficient (Wildman–Crippen LogP) is 4.26. The lowest BCUT2D eigenvalue weighted by Gasteiger charge is -2.07. The van der Waals surface area contributed by atoms with Crippen LogP contribution < -0.4 is 4.74 Å². The fraction of sp³-hybridized carbons (Fsp3) is 0.111. The van der Waals surface area contributed by atoms with Gasteiger partial charge in [-0.25, -0.2) is 0 Å². The van der Waals surface area contributed by atoms with E-state index >= 15 is 0 Å². The first kappa shape index (κ1) is 16.8. The molecule has 23 heavy (non-hydrogen) atoms. The zero-order valence-corrected chi connectivity index (χ0v) is 14.2. The van der Waals surface area contributed by atoms with E-state index in [1.54, 1.807) is 18.2 Å². The summed E-state index contributed by atoms with van der Waals surface area (Å²) in [6.45, 7) is 1.82. The number of nitrogens with zero attached hydrogens (tertiary/aromatic N) is 1. The number of carbonyl (C=O) groups excluding carboxylic acids is 1. The Labute approximate surface area is 142 Å². The number of rotatable bonds is 4. The van der Waals surface area contributed by atoms with Crippen LogP contribution in [0.25, 0.3) is 6.08 Å². The van der Waals surface area contributed by atoms with E-state index in [4.69, 9.17) is 4.74 Å². The van der Waals surface area contributed by atoms with Gasteiger partial charge in [-0.1, -0.05) is 40.2 Å². The second-order valence-electron chi connectivity index (χ2n) is 4.86. The molecule has 116 valence electrons. The number of hydrogen-bond donors (Lipinski definition) is 1. The van der Waals surface area contributed by atoms with E-state index in [0.717, 1.165) is 5.56 Å². The highest BCUT2D eigenvalue weighted by atomic mass is 79.9. The second-order valence-corrected chi connectivity index (χ2v) is 5.71. The van der Waals surface area contributed by atoms with E-state index in [1.165, 1.54) is 19.3 Å². The monoisotopic (exact) mass is 371 g/mol. The van der Waals surface area contributed by atoms with Crippen molar-refractivity contribution >= 4 is 27.8 Å². The molecule has 0 aliphatic rings. The number of aromatic hydroxyl groups is 1. The number of phenolic OH excluding ortho intramolecular Hbond substituents is 1. The Kier molecular flexibility index (Phi) is 5.20. The van der Waals surface area contributed by atoms with Gasteiger partial charge in [0.05, 0.1) is 7.11 Å². The third-order valence-electron chi connectivity index (χ3n) is 3.35. The minimum absolute atomic E-state index is 0.00966. The Morgan fingerprint density at radius 1 is 1.35 bits per heavy atom. The second kappa shape index (κ2) is 7.12. The number of aryl methyl sites for hydroxylation is 1. The van der Waals surface area contributed by atoms with Crippen LogP contribution in [0.5, 0.6) is 11.5 Å². The molecule has 1 N–H and O–H groups in total. The van der Waals surface area contributed by atoms with Crippen molar-refractivity contribution in [2.75, 3.05) is 7.11 Å². The van der Waals surface area contributed by atoms with Crippen molar-refractivity contribution in [2.24, 2.45) is 0 Å². The lowest BCUT2D eigenvalue weighted by molar-refractivity contribution is 0.103. The fourth-order valence-corrected chi connectivity index (χ4v) is 2.55. The van der Waals surface area contributed by atoms with E-state index in [2.05, 4.69) is 15.9 Å². The molecule has 0 radical (unpaired) electrons. The summed E-state index contributed by atoms with van der Waals surface area (Å²) in [5, 5.41) is 19.2. The number of phenols is 1. The number of halogens is 1. The Balaban J connectivity index is 2.48. The number of Topliss-reactive ketones (excluding diaryl/α,β-unsaturated/α-hetero) is 1. The first-order valence-electron chi connectivity index (χ1n) is 6.76. The van der Waals surface area contributed by atoms with Crippen LogP contribution in [0.3, 0.4) is 0 Å². The summed E-state index contributed by atoms with van der Waals surface area (Å²) < 4.78 is 5.62. The number of nitriles is 1. The Morgan fingerprint density at radius 3 is 2.65 bits per heavy atom. The summed E-state index contributed by atoms with van der Waals surface area (Å²) in [4.78, 5) is 12.5. The Hall–Kier alpha value is -2.58. The number of ether oxygens (including phenoxy) is 1. The van der Waals surface area contributed by atoms with Crippen molar-refractivity contribution < 1.29 is 14.6 Å². The van der Waals surface area contributed by atoms with Crippen molar-refractivity contribution in [2.45, 2.75) is 6.92 Å². The summed E-state index contributed by atoms with van der Waals surface area (Å²) in [7, 11) is 1.44. The van der Waals surface area contributed by atoms with Gasteiger partial charge in [-0.2, -0.15) is 5.26 Å². The van der Waals surface area contributed by atoms with Crippen molar-refractivity contribution in [3.8, 4) is 17.6 Å². The Morgan fingerprint density at radius 2 is 2.04 bits per heavy atom. The molecule has 0 spiro atoms. The fourth-order valence-electron chi connectivity index (χ4n) is 2.11. The van der Waals surface area contributed by atoms with Crippen LogP contribution in [0.4, 0.5) is 0 Å². The summed E-state index contributed by atoms with van der Waals surface area (Å²) in [6.07, 6.45) is 1.44. The summed E-state index contributed by atoms with van der Waals surface area (Å²) in [6, 6.07) is 12.0. The molecule has 2 aromatic rings. The van der Waals surface area contributed by atoms with Crippen LogP contribution in [0.2, 0.25) is 0 Å². The van der Waals surface area contributed by atoms with Crippen LogP contribution in [0.15, 0.2) is 46.4 Å². The van der Waals surface area contributed by atoms with Crippen LogP contribution in [-0.2, 0) is 0 Å². The van der Waals surface area contributed by atoms with E-state index in [-0.39, 0.29) is 17.1 Å². The van der Waals surface area contributed by atoms with Crippen molar-refractivity contribution in [1.29, 1.82) is 5.26 Å². The van der Waals surface area contributed by atoms with Crippen LogP contribution in [0, 0.1) is 18.3 Å². The average Bonchev–Trinajstić information content (AvgIpc) is 2.55. The molecule has 2 aromatic carbocycles. The number of hydrogen-bond acceptors (Lipinski definition) is 4. The molecule has 0 saturated heterocycles. The first-order valence-corrected chi connectivity index (χ1v) is 7.56. The van der Waals surface area contributed by atoms with Gasteiger partial charge in [0, 0.05) is 10.0 Å². The molecular weight excluding hydrogens is 358 g/mol. The zero-order chi connectivity index (χ0) is 17.0. The van der Waals surface area contributed by atoms with Gasteiger partial charge >= 0.3 is 0 Å². The summed E-state index contributed by atoms with van der Waals surface area (Å²) in [5.74, 6) is -0.117. The predicted molar refractivity (Wildman–Crippen MR) is 91.5 cm³/mol. The molecule has 4 nitrogen and oxygen atoms in total. The highest BCUT2D eigenvalue weighted by molar-refractivity contribution is 9.10. The van der Waals surface area contributed by atoms with Crippen LogP contribution >= 0.6 is 15.9 Å². The molecule has 0 atom stereocenters. The largest absolute Gasteiger partial charge is 0.504 e. The standard InChI is InChI=1S/C18H14BrNO3/c1-11-5-3-4-6-14(11)18(22)13(10-20)7-12-8-16(21)17(23-2)9-15(12)19/h3-9,21H,1-2H3/b13-7+. The number of allylic oxidation sites excluding steroid dienone is 1. The maximum absolute atomic E-state index is 12.5. The molecule has 0 aliphatic heterocycles. The SMILES string of the molecule is COc1cc(Br)c(/C=C(\C#N)C(=O)c2ccccc2C)cc1O. The third kappa shape index (κ3) is 3.61. The number of carbonyl (C=O) groups is 1. The molecular formula is C18H14BrNO3. The molecule has 2 rings (SSSR count).